The number of benzene rings is 1. The normalized spacial score (nSPS) is 16.8. The maximum absolute atomic E-state index is 12.8. The largest absolute Gasteiger partial charge is 0.371 e. The summed E-state index contributed by atoms with van der Waals surface area (Å²) in [6.45, 7) is 1.08. The maximum Gasteiger partial charge on any atom is 0.252 e. The van der Waals surface area contributed by atoms with Crippen LogP contribution in [0.4, 0.5) is 4.39 Å². The first-order valence-corrected chi connectivity index (χ1v) is 8.77. The lowest BCUT2D eigenvalue weighted by Crippen LogP contribution is -2.54. The van der Waals surface area contributed by atoms with E-state index in [1.165, 1.54) is 27.8 Å². The standard InChI is InChI=1S/C14H14FNO3S2/c15-12-5-3-11(4-6-12)10-19-13-8-16(9-13)21(17,18)14-2-1-7-20-14/h1-7,13H,8-10H2. The summed E-state index contributed by atoms with van der Waals surface area (Å²) in [6, 6.07) is 9.41. The summed E-state index contributed by atoms with van der Waals surface area (Å²) in [5.41, 5.74) is 0.871. The Kier molecular flexibility index (Phi) is 4.08. The smallest absolute Gasteiger partial charge is 0.252 e. The Morgan fingerprint density at radius 1 is 1.24 bits per heavy atom. The lowest BCUT2D eigenvalue weighted by molar-refractivity contribution is -0.0295. The van der Waals surface area contributed by atoms with E-state index in [4.69, 9.17) is 4.74 Å². The molecule has 0 atom stereocenters. The molecule has 0 bridgehead atoms. The molecule has 1 aromatic carbocycles. The zero-order valence-electron chi connectivity index (χ0n) is 11.1. The number of nitrogens with zero attached hydrogens (tertiary/aromatic N) is 1. The van der Waals surface area contributed by atoms with E-state index in [-0.39, 0.29) is 11.9 Å². The highest BCUT2D eigenvalue weighted by Crippen LogP contribution is 2.26. The van der Waals surface area contributed by atoms with Crippen LogP contribution in [0.25, 0.3) is 0 Å². The summed E-state index contributed by atoms with van der Waals surface area (Å²) < 4.78 is 44.5. The number of rotatable bonds is 5. The second-order valence-electron chi connectivity index (χ2n) is 4.81. The van der Waals surface area contributed by atoms with Crippen LogP contribution < -0.4 is 0 Å². The maximum atomic E-state index is 12.8. The van der Waals surface area contributed by atoms with Gasteiger partial charge in [-0.25, -0.2) is 12.8 Å². The van der Waals surface area contributed by atoms with Crippen LogP contribution in [0, 0.1) is 5.82 Å². The summed E-state index contributed by atoms with van der Waals surface area (Å²) in [4.78, 5) is 0. The molecule has 1 saturated heterocycles. The van der Waals surface area contributed by atoms with E-state index in [0.29, 0.717) is 23.9 Å². The van der Waals surface area contributed by atoms with Gasteiger partial charge in [-0.3, -0.25) is 0 Å². The Labute approximate surface area is 126 Å². The second kappa shape index (κ2) is 5.84. The molecule has 0 saturated carbocycles. The fourth-order valence-electron chi connectivity index (χ4n) is 2.03. The molecular weight excluding hydrogens is 313 g/mol. The molecule has 1 fully saturated rings. The zero-order valence-corrected chi connectivity index (χ0v) is 12.7. The van der Waals surface area contributed by atoms with Gasteiger partial charge >= 0.3 is 0 Å². The Morgan fingerprint density at radius 3 is 2.57 bits per heavy atom. The first kappa shape index (κ1) is 14.6. The Hall–Kier alpha value is -1.28. The first-order chi connectivity index (χ1) is 10.1. The van der Waals surface area contributed by atoms with Crippen molar-refractivity contribution < 1.29 is 17.5 Å². The van der Waals surface area contributed by atoms with Gasteiger partial charge in [0, 0.05) is 13.1 Å². The van der Waals surface area contributed by atoms with Crippen LogP contribution in [0.15, 0.2) is 46.0 Å². The molecule has 0 unspecified atom stereocenters. The van der Waals surface area contributed by atoms with Gasteiger partial charge < -0.3 is 4.74 Å². The van der Waals surface area contributed by atoms with E-state index in [1.54, 1.807) is 29.6 Å². The molecule has 2 aromatic rings. The van der Waals surface area contributed by atoms with Crippen LogP contribution in [0.1, 0.15) is 5.56 Å². The molecule has 1 aromatic heterocycles. The third-order valence-corrected chi connectivity index (χ3v) is 6.51. The predicted octanol–water partition coefficient (Wildman–Crippen LogP) is 2.48. The van der Waals surface area contributed by atoms with Gasteiger partial charge in [0.15, 0.2) is 0 Å². The van der Waals surface area contributed by atoms with E-state index in [0.717, 1.165) is 5.56 Å². The van der Waals surface area contributed by atoms with Gasteiger partial charge in [-0.15, -0.1) is 11.3 Å². The number of ether oxygens (including phenoxy) is 1. The van der Waals surface area contributed by atoms with Gasteiger partial charge in [0.25, 0.3) is 10.0 Å². The lowest BCUT2D eigenvalue weighted by Gasteiger charge is -2.37. The summed E-state index contributed by atoms with van der Waals surface area (Å²) >= 11 is 1.21. The van der Waals surface area contributed by atoms with Crippen LogP contribution in [0.2, 0.25) is 0 Å². The molecule has 21 heavy (non-hydrogen) atoms. The second-order valence-corrected chi connectivity index (χ2v) is 7.93. The van der Waals surface area contributed by atoms with Crippen LogP contribution >= 0.6 is 11.3 Å². The SMILES string of the molecule is O=S(=O)(c1cccs1)N1CC(OCc2ccc(F)cc2)C1. The molecule has 0 N–H and O–H groups in total. The molecular formula is C14H14FNO3S2. The van der Waals surface area contributed by atoms with E-state index in [1.807, 2.05) is 0 Å². The molecule has 0 aliphatic carbocycles. The minimum Gasteiger partial charge on any atom is -0.371 e. The average molecular weight is 327 g/mol. The van der Waals surface area contributed by atoms with Gasteiger partial charge in [-0.1, -0.05) is 18.2 Å². The third-order valence-electron chi connectivity index (χ3n) is 3.30. The summed E-state index contributed by atoms with van der Waals surface area (Å²) in [7, 11) is -3.36. The number of sulfonamides is 1. The van der Waals surface area contributed by atoms with E-state index >= 15 is 0 Å². The number of hydrogen-bond acceptors (Lipinski definition) is 4. The van der Waals surface area contributed by atoms with Gasteiger partial charge in [0.2, 0.25) is 0 Å². The number of hydrogen-bond donors (Lipinski definition) is 0. The molecule has 7 heteroatoms. The molecule has 0 spiro atoms. The van der Waals surface area contributed by atoms with Crippen molar-refractivity contribution in [3.8, 4) is 0 Å². The van der Waals surface area contributed by atoms with Crippen LogP contribution in [0.3, 0.4) is 0 Å². The summed E-state index contributed by atoms with van der Waals surface area (Å²) in [6.07, 6.45) is -0.107. The molecule has 4 nitrogen and oxygen atoms in total. The van der Waals surface area contributed by atoms with Gasteiger partial charge in [0.1, 0.15) is 10.0 Å². The zero-order chi connectivity index (χ0) is 14.9. The number of halogens is 1. The van der Waals surface area contributed by atoms with Crippen molar-refractivity contribution in [3.63, 3.8) is 0 Å². The van der Waals surface area contributed by atoms with E-state index in [2.05, 4.69) is 0 Å². The van der Waals surface area contributed by atoms with Gasteiger partial charge in [-0.2, -0.15) is 4.31 Å². The van der Waals surface area contributed by atoms with E-state index in [9.17, 15) is 12.8 Å². The van der Waals surface area contributed by atoms with Crippen LogP contribution in [-0.4, -0.2) is 31.9 Å². The third kappa shape index (κ3) is 3.16. The Bertz CT molecular complexity index is 692. The fraction of sp³-hybridized carbons (Fsp3) is 0.286. The topological polar surface area (TPSA) is 46.6 Å². The Balaban J connectivity index is 1.51. The lowest BCUT2D eigenvalue weighted by atomic mass is 10.2. The highest BCUT2D eigenvalue weighted by Gasteiger charge is 2.37. The van der Waals surface area contributed by atoms with Crippen molar-refractivity contribution in [1.29, 1.82) is 0 Å². The van der Waals surface area contributed by atoms with Crippen molar-refractivity contribution in [3.05, 3.63) is 53.2 Å². The molecule has 1 aliphatic heterocycles. The Morgan fingerprint density at radius 2 is 1.95 bits per heavy atom. The molecule has 112 valence electrons. The minimum atomic E-state index is -3.36. The number of thiophene rings is 1. The van der Waals surface area contributed by atoms with Gasteiger partial charge in [0.05, 0.1) is 12.7 Å². The van der Waals surface area contributed by atoms with Crippen molar-refractivity contribution in [1.82, 2.24) is 4.31 Å². The fourth-order valence-corrected chi connectivity index (χ4v) is 4.68. The predicted molar refractivity (Wildman–Crippen MR) is 78.1 cm³/mol. The molecule has 1 aliphatic rings. The van der Waals surface area contributed by atoms with Crippen molar-refractivity contribution in [2.45, 2.75) is 16.9 Å². The monoisotopic (exact) mass is 327 g/mol. The molecule has 0 amide bonds. The van der Waals surface area contributed by atoms with E-state index < -0.39 is 10.0 Å². The molecule has 0 radical (unpaired) electrons. The van der Waals surface area contributed by atoms with Crippen molar-refractivity contribution >= 4 is 21.4 Å². The average Bonchev–Trinajstić information content (AvgIpc) is 2.93. The highest BCUT2D eigenvalue weighted by atomic mass is 32.2. The van der Waals surface area contributed by atoms with Gasteiger partial charge in [-0.05, 0) is 29.1 Å². The summed E-state index contributed by atoms with van der Waals surface area (Å²) in [5, 5.41) is 1.75. The summed E-state index contributed by atoms with van der Waals surface area (Å²) in [5.74, 6) is -0.282. The molecule has 3 rings (SSSR count). The highest BCUT2D eigenvalue weighted by molar-refractivity contribution is 7.91. The van der Waals surface area contributed by atoms with Crippen molar-refractivity contribution in [2.24, 2.45) is 0 Å². The molecule has 2 heterocycles. The van der Waals surface area contributed by atoms with Crippen LogP contribution in [0.5, 0.6) is 0 Å². The van der Waals surface area contributed by atoms with Crippen molar-refractivity contribution in [2.75, 3.05) is 13.1 Å². The van der Waals surface area contributed by atoms with Crippen LogP contribution in [-0.2, 0) is 21.4 Å². The first-order valence-electron chi connectivity index (χ1n) is 6.45. The quantitative estimate of drug-likeness (QED) is 0.847. The minimum absolute atomic E-state index is 0.107.